The first-order valence-electron chi connectivity index (χ1n) is 9.44. The number of carbonyl (C=O) groups excluding carboxylic acids is 1. The van der Waals surface area contributed by atoms with E-state index in [9.17, 15) is 4.79 Å². The highest BCUT2D eigenvalue weighted by Crippen LogP contribution is 2.54. The molecular weight excluding hydrogens is 362 g/mol. The van der Waals surface area contributed by atoms with Crippen molar-refractivity contribution in [2.75, 3.05) is 6.61 Å². The maximum atomic E-state index is 12.4. The third-order valence-electron chi connectivity index (χ3n) is 6.19. The van der Waals surface area contributed by atoms with Crippen molar-refractivity contribution in [2.24, 2.45) is 5.92 Å². The zero-order chi connectivity index (χ0) is 18.4. The molecular formula is C21H20ClN3O2. The predicted octanol–water partition coefficient (Wildman–Crippen LogP) is 4.22. The number of ether oxygens (including phenoxy) is 1. The summed E-state index contributed by atoms with van der Waals surface area (Å²) in [6.07, 6.45) is 6.99. The molecule has 2 aromatic heterocycles. The van der Waals surface area contributed by atoms with E-state index in [1.54, 1.807) is 22.8 Å². The molecule has 2 aliphatic rings. The Bertz CT molecular complexity index is 1010. The quantitative estimate of drug-likeness (QED) is 0.503. The van der Waals surface area contributed by atoms with Crippen LogP contribution in [0.4, 0.5) is 0 Å². The molecule has 0 bridgehead atoms. The van der Waals surface area contributed by atoms with E-state index in [1.165, 1.54) is 12.8 Å². The first-order chi connectivity index (χ1) is 13.2. The summed E-state index contributed by atoms with van der Waals surface area (Å²) >= 11 is 6.67. The average molecular weight is 382 g/mol. The van der Waals surface area contributed by atoms with Crippen LogP contribution in [0.3, 0.4) is 0 Å². The molecule has 2 aliphatic carbocycles. The van der Waals surface area contributed by atoms with Gasteiger partial charge in [-0.3, -0.25) is 0 Å². The first-order valence-corrected chi connectivity index (χ1v) is 9.82. The van der Waals surface area contributed by atoms with Gasteiger partial charge in [0.1, 0.15) is 5.15 Å². The van der Waals surface area contributed by atoms with Crippen LogP contribution in [0, 0.1) is 5.92 Å². The Hall–Kier alpha value is -2.40. The number of fused-ring (bicyclic) bond motifs is 3. The summed E-state index contributed by atoms with van der Waals surface area (Å²) in [5, 5.41) is 4.93. The molecule has 1 fully saturated rings. The minimum atomic E-state index is -0.270. The number of esters is 1. The number of aromatic nitrogens is 3. The molecule has 0 N–H and O–H groups in total. The number of hydrogen-bond donors (Lipinski definition) is 0. The van der Waals surface area contributed by atoms with Crippen LogP contribution in [0.15, 0.2) is 42.6 Å². The van der Waals surface area contributed by atoms with Gasteiger partial charge in [0.15, 0.2) is 5.65 Å². The van der Waals surface area contributed by atoms with Gasteiger partial charge < -0.3 is 4.74 Å². The second kappa shape index (κ2) is 6.34. The van der Waals surface area contributed by atoms with Crippen molar-refractivity contribution in [2.45, 2.75) is 37.5 Å². The van der Waals surface area contributed by atoms with Crippen LogP contribution in [-0.2, 0) is 16.6 Å². The Morgan fingerprint density at radius 3 is 2.78 bits per heavy atom. The smallest absolute Gasteiger partial charge is 0.338 e. The van der Waals surface area contributed by atoms with E-state index in [0.717, 1.165) is 36.2 Å². The van der Waals surface area contributed by atoms with Crippen molar-refractivity contribution in [3.63, 3.8) is 0 Å². The molecule has 27 heavy (non-hydrogen) atoms. The topological polar surface area (TPSA) is 56.5 Å². The van der Waals surface area contributed by atoms with E-state index >= 15 is 0 Å². The summed E-state index contributed by atoms with van der Waals surface area (Å²) in [5.41, 5.74) is 3.49. The summed E-state index contributed by atoms with van der Waals surface area (Å²) in [6, 6.07) is 11.0. The van der Waals surface area contributed by atoms with Crippen molar-refractivity contribution in [1.29, 1.82) is 0 Å². The van der Waals surface area contributed by atoms with Crippen LogP contribution in [0.5, 0.6) is 0 Å². The Labute approximate surface area is 162 Å². The average Bonchev–Trinajstić information content (AvgIpc) is 3.42. The molecule has 1 saturated carbocycles. The fraction of sp³-hybridized carbons (Fsp3) is 0.381. The van der Waals surface area contributed by atoms with E-state index in [2.05, 4.69) is 5.10 Å². The van der Waals surface area contributed by atoms with E-state index in [1.807, 2.05) is 24.3 Å². The largest absolute Gasteiger partial charge is 0.462 e. The van der Waals surface area contributed by atoms with E-state index in [4.69, 9.17) is 21.3 Å². The van der Waals surface area contributed by atoms with Crippen molar-refractivity contribution < 1.29 is 9.53 Å². The van der Waals surface area contributed by atoms with Gasteiger partial charge in [0.2, 0.25) is 0 Å². The summed E-state index contributed by atoms with van der Waals surface area (Å²) < 4.78 is 7.41. The number of halogens is 1. The Balaban J connectivity index is 1.46. The molecule has 5 rings (SSSR count). The lowest BCUT2D eigenvalue weighted by atomic mass is 9.75. The van der Waals surface area contributed by atoms with Crippen LogP contribution in [0.25, 0.3) is 5.65 Å². The van der Waals surface area contributed by atoms with Gasteiger partial charge in [0.25, 0.3) is 0 Å². The van der Waals surface area contributed by atoms with Gasteiger partial charge in [0.05, 0.1) is 24.1 Å². The minimum absolute atomic E-state index is 0.0397. The van der Waals surface area contributed by atoms with Gasteiger partial charge in [-0.1, -0.05) is 42.6 Å². The Kier molecular flexibility index (Phi) is 3.93. The number of rotatable bonds is 3. The fourth-order valence-corrected chi connectivity index (χ4v) is 5.17. The summed E-state index contributed by atoms with van der Waals surface area (Å²) in [5.74, 6) is -0.0617. The Morgan fingerprint density at radius 1 is 1.22 bits per heavy atom. The molecule has 2 heterocycles. The van der Waals surface area contributed by atoms with Gasteiger partial charge in [-0.05, 0) is 31.4 Å². The molecule has 5 nitrogen and oxygen atoms in total. The van der Waals surface area contributed by atoms with E-state index in [0.29, 0.717) is 17.3 Å². The number of hydrogen-bond acceptors (Lipinski definition) is 4. The van der Waals surface area contributed by atoms with Gasteiger partial charge in [0, 0.05) is 23.0 Å². The summed E-state index contributed by atoms with van der Waals surface area (Å²) in [4.78, 5) is 17.3. The molecule has 1 aromatic carbocycles. The van der Waals surface area contributed by atoms with Crippen LogP contribution < -0.4 is 0 Å². The molecule has 6 heteroatoms. The molecule has 0 aliphatic heterocycles. The lowest BCUT2D eigenvalue weighted by Gasteiger charge is -2.31. The molecule has 0 radical (unpaired) electrons. The van der Waals surface area contributed by atoms with Crippen molar-refractivity contribution in [1.82, 2.24) is 14.6 Å². The first kappa shape index (κ1) is 16.8. The molecule has 1 spiro atoms. The molecule has 0 saturated heterocycles. The monoisotopic (exact) mass is 381 g/mol. The third-order valence-corrected chi connectivity index (χ3v) is 6.58. The van der Waals surface area contributed by atoms with Crippen LogP contribution in [0.1, 0.15) is 47.3 Å². The van der Waals surface area contributed by atoms with Gasteiger partial charge >= 0.3 is 5.97 Å². The molecule has 3 aromatic rings. The zero-order valence-corrected chi connectivity index (χ0v) is 15.7. The summed E-state index contributed by atoms with van der Waals surface area (Å²) in [7, 11) is 0. The van der Waals surface area contributed by atoms with E-state index < -0.39 is 0 Å². The molecule has 138 valence electrons. The highest BCUT2D eigenvalue weighted by Gasteiger charge is 2.51. The lowest BCUT2D eigenvalue weighted by molar-refractivity contribution is 0.0377. The minimum Gasteiger partial charge on any atom is -0.462 e. The summed E-state index contributed by atoms with van der Waals surface area (Å²) in [6.45, 7) is 0.392. The van der Waals surface area contributed by atoms with E-state index in [-0.39, 0.29) is 17.3 Å². The fourth-order valence-electron chi connectivity index (χ4n) is 4.87. The number of nitrogens with zero attached hydrogens (tertiary/aromatic N) is 3. The SMILES string of the molecule is O=C(OCC1Cc2c(nc3ccnn3c2Cl)C12CCCC2)c1ccccc1. The Morgan fingerprint density at radius 2 is 2.00 bits per heavy atom. The van der Waals surface area contributed by atoms with Crippen LogP contribution in [-0.4, -0.2) is 27.2 Å². The van der Waals surface area contributed by atoms with Crippen molar-refractivity contribution in [3.05, 3.63) is 64.6 Å². The van der Waals surface area contributed by atoms with Gasteiger partial charge in [-0.2, -0.15) is 5.10 Å². The molecule has 0 amide bonds. The highest BCUT2D eigenvalue weighted by molar-refractivity contribution is 6.30. The second-order valence-electron chi connectivity index (χ2n) is 7.56. The van der Waals surface area contributed by atoms with Crippen molar-refractivity contribution >= 4 is 23.2 Å². The normalized spacial score (nSPS) is 20.3. The molecule has 1 unspecified atom stereocenters. The maximum Gasteiger partial charge on any atom is 0.338 e. The highest BCUT2D eigenvalue weighted by atomic mass is 35.5. The van der Waals surface area contributed by atoms with Crippen LogP contribution >= 0.6 is 11.6 Å². The number of benzene rings is 1. The lowest BCUT2D eigenvalue weighted by Crippen LogP contribution is -2.33. The standard InChI is InChI=1S/C21H20ClN3O2/c22-19-16-12-15(13-27-20(26)14-6-2-1-3-7-14)21(9-4-5-10-21)18(16)24-17-8-11-23-25(17)19/h1-3,6-8,11,15H,4-5,9-10,12-13H2. The predicted molar refractivity (Wildman–Crippen MR) is 102 cm³/mol. The maximum absolute atomic E-state index is 12.4. The zero-order valence-electron chi connectivity index (χ0n) is 14.9. The van der Waals surface area contributed by atoms with Gasteiger partial charge in [-0.15, -0.1) is 0 Å². The number of carbonyl (C=O) groups is 1. The third kappa shape index (κ3) is 2.56. The van der Waals surface area contributed by atoms with Crippen LogP contribution in [0.2, 0.25) is 5.15 Å². The molecule has 1 atom stereocenters. The second-order valence-corrected chi connectivity index (χ2v) is 7.92. The van der Waals surface area contributed by atoms with Crippen molar-refractivity contribution in [3.8, 4) is 0 Å². The van der Waals surface area contributed by atoms with Gasteiger partial charge in [-0.25, -0.2) is 14.3 Å².